The van der Waals surface area contributed by atoms with Gasteiger partial charge in [0.2, 0.25) is 0 Å². The Morgan fingerprint density at radius 2 is 0.845 bits per heavy atom. The van der Waals surface area contributed by atoms with Crippen molar-refractivity contribution in [1.82, 2.24) is 9.97 Å². The van der Waals surface area contributed by atoms with Crippen LogP contribution in [0.1, 0.15) is 134 Å². The number of halogens is 2. The molecule has 0 aliphatic carbocycles. The Labute approximate surface area is 453 Å². The van der Waals surface area contributed by atoms with E-state index in [1.54, 1.807) is 35.9 Å². The number of carbonyl (C=O) groups is 2. The van der Waals surface area contributed by atoms with Crippen LogP contribution in [0.5, 0.6) is 0 Å². The first-order valence-electron chi connectivity index (χ1n) is 24.5. The van der Waals surface area contributed by atoms with Crippen molar-refractivity contribution in [2.45, 2.75) is 134 Å². The topological polar surface area (TPSA) is 100 Å². The smallest absolute Gasteiger partial charge is 0.164 e. The number of fused-ring (bicyclic) bond motifs is 5. The van der Waals surface area contributed by atoms with Gasteiger partial charge in [0.25, 0.3) is 0 Å². The van der Waals surface area contributed by atoms with E-state index < -0.39 is 0 Å². The van der Waals surface area contributed by atoms with E-state index in [-0.39, 0.29) is 98.5 Å². The number of aromatic nitrogens is 2. The average Bonchev–Trinajstić information content (AvgIpc) is 3.76. The second kappa shape index (κ2) is 26.0. The fourth-order valence-corrected chi connectivity index (χ4v) is 9.26. The van der Waals surface area contributed by atoms with Crippen LogP contribution in [0.2, 0.25) is 0 Å². The summed E-state index contributed by atoms with van der Waals surface area (Å²) in [6, 6.07) is 27.8. The Kier molecular flexibility index (Phi) is 22.3. The minimum Gasteiger partial charge on any atom is -0.512 e. The molecule has 3 heterocycles. The number of aliphatic hydroxyl groups excluding tert-OH is 2. The molecule has 0 spiro atoms. The summed E-state index contributed by atoms with van der Waals surface area (Å²) in [7, 11) is 0. The minimum atomic E-state index is -0.337. The number of carbonyl (C=O) groups excluding carboxylic acids is 2. The molecule has 0 saturated carbocycles. The van der Waals surface area contributed by atoms with E-state index >= 15 is 0 Å². The zero-order valence-electron chi connectivity index (χ0n) is 43.3. The van der Waals surface area contributed by atoms with Crippen molar-refractivity contribution < 1.29 is 70.7 Å². The molecule has 4 aromatic carbocycles. The molecule has 0 aliphatic heterocycles. The molecule has 2 N–H and O–H groups in total. The number of hydrogen-bond acceptors (Lipinski definition) is 7. The Morgan fingerprint density at radius 3 is 1.15 bits per heavy atom. The summed E-state index contributed by atoms with van der Waals surface area (Å²) in [5.74, 6) is 0.0193. The molecule has 0 amide bonds. The van der Waals surface area contributed by atoms with Crippen molar-refractivity contribution in [3.8, 4) is 22.5 Å². The van der Waals surface area contributed by atoms with Gasteiger partial charge in [-0.3, -0.25) is 9.59 Å². The molecular weight excluding hydrogens is 1270 g/mol. The molecule has 0 saturated heterocycles. The third kappa shape index (κ3) is 13.6. The van der Waals surface area contributed by atoms with Crippen LogP contribution >= 0.6 is 11.3 Å². The summed E-state index contributed by atoms with van der Waals surface area (Å²) in [5.41, 5.74) is 2.02. The summed E-state index contributed by atoms with van der Waals surface area (Å²) < 4.78 is 29.7. The molecule has 0 atom stereocenters. The number of thiophene rings is 1. The molecule has 0 unspecified atom stereocenters. The Balaban J connectivity index is 0.000000316. The van der Waals surface area contributed by atoms with Crippen LogP contribution in [0.25, 0.3) is 64.2 Å². The third-order valence-electron chi connectivity index (χ3n) is 15.5. The van der Waals surface area contributed by atoms with Crippen LogP contribution in [-0.4, -0.2) is 31.7 Å². The zero-order chi connectivity index (χ0) is 50.9. The first-order valence-corrected chi connectivity index (χ1v) is 25.3. The van der Waals surface area contributed by atoms with Gasteiger partial charge >= 0.3 is 0 Å². The monoisotopic (exact) mass is 1340 g/mol. The molecule has 11 heteroatoms. The van der Waals surface area contributed by atoms with Gasteiger partial charge < -0.3 is 20.2 Å². The minimum absolute atomic E-state index is 0. The fraction of sp³-hybridized carbons (Fsp3) is 0.400. The van der Waals surface area contributed by atoms with Crippen molar-refractivity contribution in [1.29, 1.82) is 0 Å². The Bertz CT molecular complexity index is 2800. The molecule has 7 rings (SSSR count). The summed E-state index contributed by atoms with van der Waals surface area (Å²) in [4.78, 5) is 33.7. The van der Waals surface area contributed by atoms with Gasteiger partial charge in [0.05, 0.1) is 0 Å². The predicted octanol–water partition coefficient (Wildman–Crippen LogP) is 17.7. The van der Waals surface area contributed by atoms with Gasteiger partial charge in [0.15, 0.2) is 11.6 Å². The Morgan fingerprint density at radius 1 is 0.521 bits per heavy atom. The number of rotatable bonds is 16. The predicted molar refractivity (Wildman–Crippen MR) is 285 cm³/mol. The normalized spacial score (nSPS) is 12.4. The van der Waals surface area contributed by atoms with Crippen LogP contribution in [0.4, 0.5) is 8.78 Å². The second-order valence-electron chi connectivity index (χ2n) is 19.3. The number of benzene rings is 4. The standard InChI is InChI=1S/C30H14F2N2S.2C15H28O2.2Pt/c31-21-9-7-17-15-33-27(13-19(17)11-21)25-5-1-3-23-24-4-2-6-26(30(24)35-29(23)25)28-14-20-12-22(32)10-8-18(20)16-34-28;2*1-7-14(5,8-2)12(16)11-13(17)15(6,9-3)10-4;;/h1-4,7-16H;2*11,16H,7-10H2,1-6H3;;/q-2;;;;/b;2*12-11-;;. The first kappa shape index (κ1) is 60.9. The Hall–Kier alpha value is -4.42. The number of nitrogens with zero attached hydrogens (tertiary/aromatic N) is 2. The van der Waals surface area contributed by atoms with Gasteiger partial charge in [-0.1, -0.05) is 105 Å². The fourth-order valence-electron chi connectivity index (χ4n) is 7.95. The van der Waals surface area contributed by atoms with E-state index in [9.17, 15) is 28.6 Å². The third-order valence-corrected chi connectivity index (χ3v) is 16.7. The molecule has 6 nitrogen and oxygen atoms in total. The molecule has 0 aliphatic rings. The molecule has 3 aromatic heterocycles. The summed E-state index contributed by atoms with van der Waals surface area (Å²) in [6.45, 7) is 24.2. The molecule has 386 valence electrons. The van der Waals surface area contributed by atoms with E-state index in [1.807, 2.05) is 119 Å². The van der Waals surface area contributed by atoms with Gasteiger partial charge in [-0.05, 0) is 121 Å². The summed E-state index contributed by atoms with van der Waals surface area (Å²) in [6.07, 6.45) is 13.0. The van der Waals surface area contributed by atoms with Crippen molar-refractivity contribution in [2.75, 3.05) is 0 Å². The number of allylic oxidation sites excluding steroid dienone is 4. The zero-order valence-corrected chi connectivity index (χ0v) is 48.7. The largest absolute Gasteiger partial charge is 0.512 e. The van der Waals surface area contributed by atoms with E-state index in [0.29, 0.717) is 0 Å². The van der Waals surface area contributed by atoms with Gasteiger partial charge in [-0.25, -0.2) is 20.1 Å². The van der Waals surface area contributed by atoms with Crippen molar-refractivity contribution in [3.05, 3.63) is 133 Å². The van der Waals surface area contributed by atoms with Gasteiger partial charge in [0.1, 0.15) is 23.2 Å². The average molecular weight is 1340 g/mol. The van der Waals surface area contributed by atoms with Gasteiger partial charge in [0, 0.05) is 88.3 Å². The maximum absolute atomic E-state index is 13.8. The van der Waals surface area contributed by atoms with Crippen LogP contribution < -0.4 is 0 Å². The quantitative estimate of drug-likeness (QED) is 0.0568. The number of aliphatic hydroxyl groups is 2. The van der Waals surface area contributed by atoms with Gasteiger partial charge in [-0.15, -0.1) is 58.3 Å². The van der Waals surface area contributed by atoms with E-state index in [4.69, 9.17) is 0 Å². The number of ketones is 2. The molecule has 71 heavy (non-hydrogen) atoms. The summed E-state index contributed by atoms with van der Waals surface area (Å²) >= 11 is 1.63. The van der Waals surface area contributed by atoms with Crippen molar-refractivity contribution in [3.63, 3.8) is 0 Å². The van der Waals surface area contributed by atoms with Crippen LogP contribution in [0.3, 0.4) is 0 Å². The van der Waals surface area contributed by atoms with Crippen LogP contribution in [-0.2, 0) is 51.7 Å². The van der Waals surface area contributed by atoms with Crippen molar-refractivity contribution >= 4 is 64.6 Å². The first-order chi connectivity index (χ1) is 32.7. The van der Waals surface area contributed by atoms with Crippen LogP contribution in [0, 0.1) is 45.4 Å². The van der Waals surface area contributed by atoms with E-state index in [1.165, 1.54) is 36.4 Å². The summed E-state index contributed by atoms with van der Waals surface area (Å²) in [5, 5.41) is 25.8. The SMILES string of the molecule is CCC(C)(CC)C(=O)/C=C(\O)C(C)(CC)CC.CCC(C)(CC)C(=O)/C=C(\O)C(C)(CC)CC.Fc1ccc2cnc(-c3[c-]ccc4c3sc3c(-c5cc6cc(F)ccc6cn5)[c-]ccc34)cc2c1.[Pt].[Pt]. The molecule has 0 radical (unpaired) electrons. The molecule has 0 bridgehead atoms. The molecule has 0 fully saturated rings. The maximum Gasteiger partial charge on any atom is 0.164 e. The maximum atomic E-state index is 13.8. The van der Waals surface area contributed by atoms with E-state index in [0.717, 1.165) is 116 Å². The molecular formula is C60H70F2N2O4Pt2S-2. The van der Waals surface area contributed by atoms with Crippen molar-refractivity contribution in [2.24, 2.45) is 21.7 Å². The number of hydrogen-bond donors (Lipinski definition) is 2. The molecule has 7 aromatic rings. The van der Waals surface area contributed by atoms with Gasteiger partial charge in [-0.2, -0.15) is 0 Å². The second-order valence-corrected chi connectivity index (χ2v) is 20.3. The van der Waals surface area contributed by atoms with E-state index in [2.05, 4.69) is 22.1 Å². The number of pyridine rings is 2. The van der Waals surface area contributed by atoms with Crippen LogP contribution in [0.15, 0.2) is 109 Å².